The van der Waals surface area contributed by atoms with Gasteiger partial charge in [0.2, 0.25) is 0 Å². The summed E-state index contributed by atoms with van der Waals surface area (Å²) < 4.78 is 19.2. The summed E-state index contributed by atoms with van der Waals surface area (Å²) in [5.41, 5.74) is -0.0735. The fourth-order valence-corrected chi connectivity index (χ4v) is 2.63. The molecule has 0 bridgehead atoms. The Labute approximate surface area is 128 Å². The van der Waals surface area contributed by atoms with Crippen molar-refractivity contribution in [3.63, 3.8) is 0 Å². The summed E-state index contributed by atoms with van der Waals surface area (Å²) in [6, 6.07) is 2.27. The summed E-state index contributed by atoms with van der Waals surface area (Å²) in [7, 11) is 1.32. The zero-order valence-corrected chi connectivity index (χ0v) is 12.7. The first-order valence-electron chi connectivity index (χ1n) is 7.09. The average molecular weight is 313 g/mol. The quantitative estimate of drug-likeness (QED) is 0.651. The number of aliphatic hydroxyl groups is 1. The number of anilines is 1. The van der Waals surface area contributed by atoms with Crippen LogP contribution in [0.3, 0.4) is 0 Å². The summed E-state index contributed by atoms with van der Waals surface area (Å²) in [6.07, 6.45) is -0.400. The number of benzene rings is 1. The van der Waals surface area contributed by atoms with Gasteiger partial charge in [0.1, 0.15) is 0 Å². The minimum atomic E-state index is -0.660. The Balaban J connectivity index is 2.15. The Morgan fingerprint density at radius 2 is 2.05 bits per heavy atom. The lowest BCUT2D eigenvalue weighted by Gasteiger charge is -2.36. The topological polar surface area (TPSA) is 79.1 Å². The number of nitrogens with zero attached hydrogens (tertiary/aromatic N) is 3. The molecule has 0 unspecified atom stereocenters. The van der Waals surface area contributed by atoms with E-state index in [2.05, 4.69) is 4.90 Å². The molecule has 1 aliphatic rings. The fraction of sp³-hybridized carbons (Fsp3) is 0.571. The molecule has 1 atom stereocenters. The number of ether oxygens (including phenoxy) is 1. The van der Waals surface area contributed by atoms with Gasteiger partial charge in [-0.2, -0.15) is 0 Å². The molecule has 1 aromatic rings. The van der Waals surface area contributed by atoms with Crippen LogP contribution in [0, 0.1) is 15.9 Å². The highest BCUT2D eigenvalue weighted by molar-refractivity contribution is 5.60. The maximum Gasteiger partial charge on any atom is 0.313 e. The molecular weight excluding hydrogens is 293 g/mol. The molecule has 1 saturated heterocycles. The van der Waals surface area contributed by atoms with Gasteiger partial charge in [-0.05, 0) is 6.92 Å². The van der Waals surface area contributed by atoms with E-state index in [1.54, 1.807) is 6.92 Å². The standard InChI is InChI=1S/C14H20FN3O4/c1-10(19)9-16-3-5-17(6-4-16)12-8-14(22-2)13(18(20)21)7-11(12)15/h7-8,10,19H,3-6,9H2,1-2H3/t10-/m0/s1. The summed E-state index contributed by atoms with van der Waals surface area (Å²) >= 11 is 0. The van der Waals surface area contributed by atoms with Crippen LogP contribution in [-0.4, -0.2) is 60.9 Å². The molecule has 0 radical (unpaired) electrons. The lowest BCUT2D eigenvalue weighted by atomic mass is 10.2. The monoisotopic (exact) mass is 313 g/mol. The average Bonchev–Trinajstić information content (AvgIpc) is 2.47. The Hall–Kier alpha value is -1.93. The summed E-state index contributed by atoms with van der Waals surface area (Å²) in [5, 5.41) is 20.3. The minimum absolute atomic E-state index is 0.0489. The maximum absolute atomic E-state index is 14.2. The molecule has 7 nitrogen and oxygen atoms in total. The first kappa shape index (κ1) is 16.4. The van der Waals surface area contributed by atoms with Crippen molar-refractivity contribution in [1.82, 2.24) is 4.90 Å². The Bertz CT molecular complexity index is 545. The Morgan fingerprint density at radius 3 is 2.55 bits per heavy atom. The second kappa shape index (κ2) is 6.89. The number of hydrogen-bond donors (Lipinski definition) is 1. The molecule has 122 valence electrons. The van der Waals surface area contributed by atoms with Crippen molar-refractivity contribution in [2.24, 2.45) is 0 Å². The van der Waals surface area contributed by atoms with E-state index in [1.807, 2.05) is 4.90 Å². The number of aliphatic hydroxyl groups excluding tert-OH is 1. The Morgan fingerprint density at radius 1 is 1.41 bits per heavy atom. The molecule has 2 rings (SSSR count). The molecule has 1 N–H and O–H groups in total. The number of halogens is 1. The third-order valence-electron chi connectivity index (χ3n) is 3.68. The highest BCUT2D eigenvalue weighted by Crippen LogP contribution is 2.34. The van der Waals surface area contributed by atoms with Crippen LogP contribution >= 0.6 is 0 Å². The molecule has 1 fully saturated rings. The van der Waals surface area contributed by atoms with Crippen LogP contribution in [0.1, 0.15) is 6.92 Å². The molecule has 1 aromatic carbocycles. The summed E-state index contributed by atoms with van der Waals surface area (Å²) in [5.74, 6) is -0.579. The second-order valence-corrected chi connectivity index (χ2v) is 5.37. The van der Waals surface area contributed by atoms with Crippen molar-refractivity contribution >= 4 is 11.4 Å². The van der Waals surface area contributed by atoms with E-state index in [0.717, 1.165) is 6.07 Å². The molecule has 8 heteroatoms. The normalized spacial score (nSPS) is 17.4. The van der Waals surface area contributed by atoms with E-state index in [4.69, 9.17) is 4.74 Å². The van der Waals surface area contributed by atoms with E-state index < -0.39 is 16.8 Å². The molecule has 1 aliphatic heterocycles. The van der Waals surface area contributed by atoms with Crippen molar-refractivity contribution in [1.29, 1.82) is 0 Å². The van der Waals surface area contributed by atoms with Gasteiger partial charge < -0.3 is 14.7 Å². The number of β-amino-alcohol motifs (C(OH)–C–C–N with tert-alkyl or cyclic N) is 1. The molecule has 0 aliphatic carbocycles. The van der Waals surface area contributed by atoms with E-state index in [-0.39, 0.29) is 11.4 Å². The van der Waals surface area contributed by atoms with Gasteiger partial charge in [-0.15, -0.1) is 0 Å². The third-order valence-corrected chi connectivity index (χ3v) is 3.68. The number of piperazine rings is 1. The summed E-state index contributed by atoms with van der Waals surface area (Å²) in [4.78, 5) is 14.2. The first-order valence-corrected chi connectivity index (χ1v) is 7.09. The van der Waals surface area contributed by atoms with Crippen molar-refractivity contribution in [2.75, 3.05) is 44.7 Å². The van der Waals surface area contributed by atoms with Crippen LogP contribution in [0.5, 0.6) is 5.75 Å². The van der Waals surface area contributed by atoms with Crippen LogP contribution < -0.4 is 9.64 Å². The number of methoxy groups -OCH3 is 1. The van der Waals surface area contributed by atoms with Gasteiger partial charge in [-0.1, -0.05) is 0 Å². The van der Waals surface area contributed by atoms with Crippen molar-refractivity contribution < 1.29 is 19.2 Å². The maximum atomic E-state index is 14.2. The Kier molecular flexibility index (Phi) is 5.15. The van der Waals surface area contributed by atoms with Gasteiger partial charge in [-0.3, -0.25) is 15.0 Å². The van der Waals surface area contributed by atoms with Crippen LogP contribution in [0.4, 0.5) is 15.8 Å². The molecule has 0 spiro atoms. The van der Waals surface area contributed by atoms with Crippen LogP contribution in [-0.2, 0) is 0 Å². The number of hydrogen-bond acceptors (Lipinski definition) is 6. The zero-order valence-electron chi connectivity index (χ0n) is 12.7. The third kappa shape index (κ3) is 3.63. The lowest BCUT2D eigenvalue weighted by Crippen LogP contribution is -2.48. The van der Waals surface area contributed by atoms with Crippen LogP contribution in [0.15, 0.2) is 12.1 Å². The van der Waals surface area contributed by atoms with E-state index in [9.17, 15) is 19.6 Å². The number of rotatable bonds is 5. The van der Waals surface area contributed by atoms with Crippen LogP contribution in [0.2, 0.25) is 0 Å². The van der Waals surface area contributed by atoms with Gasteiger partial charge in [0.15, 0.2) is 11.6 Å². The molecule has 22 heavy (non-hydrogen) atoms. The summed E-state index contributed by atoms with van der Waals surface area (Å²) in [6.45, 7) is 4.88. The molecule has 0 saturated carbocycles. The number of nitro benzene ring substituents is 1. The van der Waals surface area contributed by atoms with Crippen molar-refractivity contribution in [2.45, 2.75) is 13.0 Å². The van der Waals surface area contributed by atoms with E-state index in [1.165, 1.54) is 13.2 Å². The molecule has 0 aromatic heterocycles. The molecular formula is C14H20FN3O4. The molecule has 1 heterocycles. The smallest absolute Gasteiger partial charge is 0.313 e. The highest BCUT2D eigenvalue weighted by Gasteiger charge is 2.25. The van der Waals surface area contributed by atoms with Crippen molar-refractivity contribution in [3.8, 4) is 5.75 Å². The van der Waals surface area contributed by atoms with E-state index in [0.29, 0.717) is 38.4 Å². The van der Waals surface area contributed by atoms with Gasteiger partial charge in [0.05, 0.1) is 29.9 Å². The van der Waals surface area contributed by atoms with Gasteiger partial charge in [0, 0.05) is 38.8 Å². The predicted octanol–water partition coefficient (Wildman–Crippen LogP) is 1.25. The van der Waals surface area contributed by atoms with E-state index >= 15 is 0 Å². The highest BCUT2D eigenvalue weighted by atomic mass is 19.1. The number of nitro groups is 1. The fourth-order valence-electron chi connectivity index (χ4n) is 2.63. The zero-order chi connectivity index (χ0) is 16.3. The van der Waals surface area contributed by atoms with Gasteiger partial charge in [0.25, 0.3) is 0 Å². The van der Waals surface area contributed by atoms with Gasteiger partial charge >= 0.3 is 5.69 Å². The first-order chi connectivity index (χ1) is 10.4. The second-order valence-electron chi connectivity index (χ2n) is 5.37. The predicted molar refractivity (Wildman–Crippen MR) is 79.9 cm³/mol. The van der Waals surface area contributed by atoms with Crippen molar-refractivity contribution in [3.05, 3.63) is 28.1 Å². The molecule has 0 amide bonds. The lowest BCUT2D eigenvalue weighted by molar-refractivity contribution is -0.385. The largest absolute Gasteiger partial charge is 0.490 e. The minimum Gasteiger partial charge on any atom is -0.490 e. The van der Waals surface area contributed by atoms with Gasteiger partial charge in [-0.25, -0.2) is 4.39 Å². The van der Waals surface area contributed by atoms with Crippen LogP contribution in [0.25, 0.3) is 0 Å². The SMILES string of the molecule is COc1cc(N2CCN(C[C@H](C)O)CC2)c(F)cc1[N+](=O)[O-].